The molecule has 9 nitrogen and oxygen atoms in total. The number of hydrogen-bond acceptors (Lipinski definition) is 8. The minimum atomic E-state index is -1.10. The van der Waals surface area contributed by atoms with Gasteiger partial charge in [-0.05, 0) is 12.1 Å². The fraction of sp³-hybridized carbons (Fsp3) is 0.538. The number of benzene rings is 1. The number of nitrogens with zero attached hydrogens (tertiary/aromatic N) is 1. The highest BCUT2D eigenvalue weighted by atomic mass is 16.7. The van der Waals surface area contributed by atoms with Gasteiger partial charge in [0.1, 0.15) is 12.2 Å². The van der Waals surface area contributed by atoms with E-state index in [0.717, 1.165) is 0 Å². The van der Waals surface area contributed by atoms with Crippen LogP contribution in [-0.2, 0) is 9.47 Å². The molecular formula is C13H19NO8. The van der Waals surface area contributed by atoms with Crippen LogP contribution in [0.15, 0.2) is 24.3 Å². The maximum Gasteiger partial charge on any atom is 0.269 e. The lowest BCUT2D eigenvalue weighted by Crippen LogP contribution is -2.25. The van der Waals surface area contributed by atoms with Crippen molar-refractivity contribution in [1.29, 1.82) is 0 Å². The first-order chi connectivity index (χ1) is 10.5. The van der Waals surface area contributed by atoms with Gasteiger partial charge in [-0.2, -0.15) is 0 Å². The molecule has 1 aromatic carbocycles. The zero-order chi connectivity index (χ0) is 16.5. The Labute approximate surface area is 126 Å². The van der Waals surface area contributed by atoms with Crippen molar-refractivity contribution in [2.45, 2.75) is 18.5 Å². The standard InChI is InChI=1S/C13H19NO8/c15-5-11(17)7-21-13(22-8-12(18)6-16)9-1-3-10(4-2-9)14(19)20/h1-4,11-13,15-18H,5-8H2. The number of nitro groups is 1. The Kier molecular flexibility index (Phi) is 7.88. The summed E-state index contributed by atoms with van der Waals surface area (Å²) in [5, 5.41) is 46.7. The van der Waals surface area contributed by atoms with Crippen LogP contribution in [0.1, 0.15) is 11.9 Å². The molecule has 0 aliphatic carbocycles. The summed E-state index contributed by atoms with van der Waals surface area (Å²) in [5.41, 5.74) is 0.328. The molecule has 0 aromatic heterocycles. The van der Waals surface area contributed by atoms with E-state index >= 15 is 0 Å². The average molecular weight is 317 g/mol. The molecule has 0 aliphatic rings. The highest BCUT2D eigenvalue weighted by molar-refractivity contribution is 5.33. The van der Waals surface area contributed by atoms with Crippen molar-refractivity contribution in [2.75, 3.05) is 26.4 Å². The first-order valence-corrected chi connectivity index (χ1v) is 6.53. The molecule has 9 heteroatoms. The Bertz CT molecular complexity index is 438. The molecule has 0 heterocycles. The van der Waals surface area contributed by atoms with Crippen LogP contribution < -0.4 is 0 Å². The molecule has 0 amide bonds. The molecule has 0 saturated heterocycles. The topological polar surface area (TPSA) is 143 Å². The molecule has 22 heavy (non-hydrogen) atoms. The number of ether oxygens (including phenoxy) is 2. The van der Waals surface area contributed by atoms with Gasteiger partial charge in [-0.3, -0.25) is 10.1 Å². The Hall–Kier alpha value is -1.62. The zero-order valence-electron chi connectivity index (χ0n) is 11.7. The van der Waals surface area contributed by atoms with Crippen LogP contribution in [-0.4, -0.2) is 64.0 Å². The quantitative estimate of drug-likeness (QED) is 0.253. The molecule has 4 N–H and O–H groups in total. The van der Waals surface area contributed by atoms with Gasteiger partial charge in [0.05, 0.1) is 31.4 Å². The van der Waals surface area contributed by atoms with E-state index in [9.17, 15) is 20.3 Å². The van der Waals surface area contributed by atoms with Crippen LogP contribution in [0, 0.1) is 10.1 Å². The Morgan fingerprint density at radius 3 is 1.82 bits per heavy atom. The lowest BCUT2D eigenvalue weighted by molar-refractivity contribution is -0.384. The van der Waals surface area contributed by atoms with E-state index in [2.05, 4.69) is 0 Å². The first kappa shape index (κ1) is 18.4. The van der Waals surface area contributed by atoms with Crippen LogP contribution in [0.25, 0.3) is 0 Å². The Morgan fingerprint density at radius 1 is 1.00 bits per heavy atom. The molecule has 0 spiro atoms. The average Bonchev–Trinajstić information content (AvgIpc) is 2.54. The summed E-state index contributed by atoms with van der Waals surface area (Å²) < 4.78 is 10.6. The van der Waals surface area contributed by atoms with Gasteiger partial charge in [0.2, 0.25) is 0 Å². The van der Waals surface area contributed by atoms with Crippen molar-refractivity contribution in [3.05, 3.63) is 39.9 Å². The Morgan fingerprint density at radius 2 is 1.45 bits per heavy atom. The van der Waals surface area contributed by atoms with Gasteiger partial charge in [0.15, 0.2) is 6.29 Å². The van der Waals surface area contributed by atoms with Crippen molar-refractivity contribution in [2.24, 2.45) is 0 Å². The third-order valence-corrected chi connectivity index (χ3v) is 2.68. The van der Waals surface area contributed by atoms with E-state index in [4.69, 9.17) is 19.7 Å². The number of hydrogen-bond donors (Lipinski definition) is 4. The molecule has 0 saturated carbocycles. The van der Waals surface area contributed by atoms with E-state index in [1.54, 1.807) is 0 Å². The lowest BCUT2D eigenvalue weighted by Gasteiger charge is -2.21. The molecule has 0 aliphatic heterocycles. The van der Waals surface area contributed by atoms with Crippen molar-refractivity contribution in [1.82, 2.24) is 0 Å². The number of rotatable bonds is 10. The van der Waals surface area contributed by atoms with E-state index < -0.39 is 36.6 Å². The molecule has 2 unspecified atom stereocenters. The van der Waals surface area contributed by atoms with Gasteiger partial charge in [0, 0.05) is 17.7 Å². The molecule has 1 aromatic rings. The summed E-state index contributed by atoms with van der Waals surface area (Å²) in [4.78, 5) is 10.1. The van der Waals surface area contributed by atoms with Gasteiger partial charge >= 0.3 is 0 Å². The summed E-state index contributed by atoms with van der Waals surface area (Å²) in [5.74, 6) is 0. The number of non-ortho nitro benzene ring substituents is 1. The summed E-state index contributed by atoms with van der Waals surface area (Å²) in [7, 11) is 0. The minimum absolute atomic E-state index is 0.103. The number of aliphatic hydroxyl groups excluding tert-OH is 4. The number of nitro benzene ring substituents is 1. The largest absolute Gasteiger partial charge is 0.394 e. The third-order valence-electron chi connectivity index (χ3n) is 2.68. The van der Waals surface area contributed by atoms with E-state index in [0.29, 0.717) is 5.56 Å². The van der Waals surface area contributed by atoms with E-state index in [1.165, 1.54) is 24.3 Å². The monoisotopic (exact) mass is 317 g/mol. The lowest BCUT2D eigenvalue weighted by atomic mass is 10.2. The minimum Gasteiger partial charge on any atom is -0.394 e. The summed E-state index contributed by atoms with van der Waals surface area (Å²) in [6.45, 7) is -1.45. The highest BCUT2D eigenvalue weighted by Gasteiger charge is 2.18. The predicted molar refractivity (Wildman–Crippen MR) is 73.9 cm³/mol. The van der Waals surface area contributed by atoms with Gasteiger partial charge < -0.3 is 29.9 Å². The van der Waals surface area contributed by atoms with E-state index in [-0.39, 0.29) is 18.9 Å². The number of aliphatic hydroxyl groups is 4. The smallest absolute Gasteiger partial charge is 0.269 e. The fourth-order valence-electron chi connectivity index (χ4n) is 1.50. The third kappa shape index (κ3) is 6.02. The van der Waals surface area contributed by atoms with Crippen molar-refractivity contribution < 1.29 is 34.8 Å². The van der Waals surface area contributed by atoms with Crippen molar-refractivity contribution in [3.8, 4) is 0 Å². The Balaban J connectivity index is 2.76. The van der Waals surface area contributed by atoms with Crippen molar-refractivity contribution in [3.63, 3.8) is 0 Å². The maximum absolute atomic E-state index is 10.6. The van der Waals surface area contributed by atoms with Crippen LogP contribution >= 0.6 is 0 Å². The molecule has 2 atom stereocenters. The second-order valence-corrected chi connectivity index (χ2v) is 4.52. The summed E-state index contributed by atoms with van der Waals surface area (Å²) >= 11 is 0. The van der Waals surface area contributed by atoms with Gasteiger partial charge in [-0.1, -0.05) is 0 Å². The SMILES string of the molecule is O=[N+]([O-])c1ccc(C(OCC(O)CO)OCC(O)CO)cc1. The molecular weight excluding hydrogens is 298 g/mol. The predicted octanol–water partition coefficient (Wildman–Crippen LogP) is -0.667. The van der Waals surface area contributed by atoms with Gasteiger partial charge in [0.25, 0.3) is 5.69 Å². The van der Waals surface area contributed by atoms with Crippen LogP contribution in [0.2, 0.25) is 0 Å². The molecule has 0 radical (unpaired) electrons. The zero-order valence-corrected chi connectivity index (χ0v) is 11.7. The molecule has 124 valence electrons. The summed E-state index contributed by atoms with van der Waals surface area (Å²) in [6, 6.07) is 5.36. The molecule has 0 fully saturated rings. The van der Waals surface area contributed by atoms with Crippen LogP contribution in [0.5, 0.6) is 0 Å². The second-order valence-electron chi connectivity index (χ2n) is 4.52. The van der Waals surface area contributed by atoms with Crippen molar-refractivity contribution >= 4 is 5.69 Å². The van der Waals surface area contributed by atoms with Gasteiger partial charge in [-0.15, -0.1) is 0 Å². The summed E-state index contributed by atoms with van der Waals surface area (Å²) in [6.07, 6.45) is -3.22. The molecule has 0 bridgehead atoms. The normalized spacial score (nSPS) is 15.3. The highest BCUT2D eigenvalue weighted by Crippen LogP contribution is 2.22. The van der Waals surface area contributed by atoms with Crippen LogP contribution in [0.3, 0.4) is 0 Å². The van der Waals surface area contributed by atoms with Crippen LogP contribution in [0.4, 0.5) is 5.69 Å². The van der Waals surface area contributed by atoms with Gasteiger partial charge in [-0.25, -0.2) is 0 Å². The molecule has 1 rings (SSSR count). The maximum atomic E-state index is 10.6. The fourth-order valence-corrected chi connectivity index (χ4v) is 1.50. The second kappa shape index (κ2) is 9.41. The first-order valence-electron chi connectivity index (χ1n) is 6.53. The van der Waals surface area contributed by atoms with E-state index in [1.807, 2.05) is 0 Å².